The molecule has 198 valence electrons. The number of nitrogens with zero attached hydrogens (tertiary/aromatic N) is 3. The first-order chi connectivity index (χ1) is 18.2. The third kappa shape index (κ3) is 3.78. The first-order valence-corrected chi connectivity index (χ1v) is 12.1. The van der Waals surface area contributed by atoms with Crippen molar-refractivity contribution in [3.8, 4) is 11.4 Å². The van der Waals surface area contributed by atoms with Crippen LogP contribution < -0.4 is 5.56 Å². The Hall–Kier alpha value is -4.57. The van der Waals surface area contributed by atoms with Gasteiger partial charge in [-0.1, -0.05) is 44.2 Å². The first-order valence-electron chi connectivity index (χ1n) is 11.7. The molecule has 0 amide bonds. The minimum Gasteiger partial charge on any atom is -0.457 e. The van der Waals surface area contributed by atoms with E-state index in [1.54, 1.807) is 43.3 Å². The molecule has 11 heteroatoms. The second-order valence-electron chi connectivity index (χ2n) is 9.04. The predicted molar refractivity (Wildman–Crippen MR) is 143 cm³/mol. The standard InChI is InChI=1S/C27H18ClN3O7.CH4/c1-2-27(38-25(33)15-6-3-4-7-19(15)28)18-11-22-23-14(12-30(22)24(32)17(18)13-37-26(27)34)10-16-20(29-23)8-5-9-21(16)31(35)36;/h3-11H,2,12-13H2,1H3;1H4/t27-;/m0./s1. The number of nitro benzene ring substituents is 1. The number of ether oxygens (including phenoxy) is 2. The second-order valence-corrected chi connectivity index (χ2v) is 9.44. The van der Waals surface area contributed by atoms with Crippen LogP contribution in [0.1, 0.15) is 47.8 Å². The number of pyridine rings is 2. The van der Waals surface area contributed by atoms with Gasteiger partial charge in [0.05, 0.1) is 49.9 Å². The molecule has 1 atom stereocenters. The number of rotatable bonds is 4. The highest BCUT2D eigenvalue weighted by Gasteiger charge is 2.50. The lowest BCUT2D eigenvalue weighted by Crippen LogP contribution is -2.47. The molecule has 0 unspecified atom stereocenters. The summed E-state index contributed by atoms with van der Waals surface area (Å²) >= 11 is 6.18. The number of nitro groups is 1. The van der Waals surface area contributed by atoms with Crippen LogP contribution in [0.4, 0.5) is 5.69 Å². The molecule has 0 N–H and O–H groups in total. The zero-order valence-electron chi connectivity index (χ0n) is 19.9. The second kappa shape index (κ2) is 9.32. The van der Waals surface area contributed by atoms with E-state index >= 15 is 0 Å². The Balaban J connectivity index is 0.00000308. The Morgan fingerprint density at radius 3 is 2.69 bits per heavy atom. The molecule has 0 radical (unpaired) electrons. The van der Waals surface area contributed by atoms with Gasteiger partial charge < -0.3 is 14.0 Å². The van der Waals surface area contributed by atoms with E-state index in [4.69, 9.17) is 21.1 Å². The normalized spacial score (nSPS) is 16.9. The molecule has 4 aromatic rings. The Morgan fingerprint density at radius 1 is 1.21 bits per heavy atom. The van der Waals surface area contributed by atoms with Crippen LogP contribution in [-0.2, 0) is 33.0 Å². The Morgan fingerprint density at radius 2 is 1.97 bits per heavy atom. The lowest BCUT2D eigenvalue weighted by atomic mass is 9.85. The maximum atomic E-state index is 13.6. The SMILES string of the molecule is C.CC[C@@]1(OC(=O)c2ccccc2Cl)C(=O)OCc2c1cc1n(c2=O)Cc2cc3c([N+](=O)[O-])cccc3nc2-1. The number of benzene rings is 2. The van der Waals surface area contributed by atoms with E-state index in [2.05, 4.69) is 4.98 Å². The molecule has 0 bridgehead atoms. The van der Waals surface area contributed by atoms with Gasteiger partial charge in [-0.15, -0.1) is 0 Å². The van der Waals surface area contributed by atoms with Crippen LogP contribution in [0, 0.1) is 10.1 Å². The number of hydrogen-bond acceptors (Lipinski definition) is 8. The van der Waals surface area contributed by atoms with Gasteiger partial charge >= 0.3 is 11.9 Å². The monoisotopic (exact) mass is 547 g/mol. The van der Waals surface area contributed by atoms with E-state index < -0.39 is 28.0 Å². The largest absolute Gasteiger partial charge is 0.457 e. The van der Waals surface area contributed by atoms with Crippen molar-refractivity contribution in [2.24, 2.45) is 0 Å². The number of carbonyl (C=O) groups excluding carboxylic acids is 2. The maximum absolute atomic E-state index is 13.6. The molecule has 0 saturated carbocycles. The summed E-state index contributed by atoms with van der Waals surface area (Å²) in [5.41, 5.74) is -0.0258. The van der Waals surface area contributed by atoms with Gasteiger partial charge in [-0.25, -0.2) is 14.6 Å². The molecule has 2 aromatic heterocycles. The Bertz CT molecular complexity index is 1780. The van der Waals surface area contributed by atoms with E-state index in [1.165, 1.54) is 22.8 Å². The van der Waals surface area contributed by atoms with Gasteiger partial charge in [0.1, 0.15) is 6.61 Å². The smallest absolute Gasteiger partial charge is 0.355 e. The van der Waals surface area contributed by atoms with Gasteiger partial charge in [-0.2, -0.15) is 0 Å². The van der Waals surface area contributed by atoms with Gasteiger partial charge in [-0.3, -0.25) is 14.9 Å². The van der Waals surface area contributed by atoms with Crippen molar-refractivity contribution in [1.29, 1.82) is 0 Å². The summed E-state index contributed by atoms with van der Waals surface area (Å²) in [5, 5.41) is 12.0. The molecule has 0 aliphatic carbocycles. The Labute approximate surface area is 226 Å². The molecule has 39 heavy (non-hydrogen) atoms. The molecule has 2 aromatic carbocycles. The molecule has 4 heterocycles. The van der Waals surface area contributed by atoms with Gasteiger partial charge in [0, 0.05) is 17.2 Å². The average molecular weight is 548 g/mol. The minimum absolute atomic E-state index is 0. The van der Waals surface area contributed by atoms with Gasteiger partial charge in [-0.05, 0) is 36.8 Å². The van der Waals surface area contributed by atoms with Crippen LogP contribution >= 0.6 is 11.6 Å². The number of non-ortho nitro benzene ring substituents is 1. The number of esters is 2. The minimum atomic E-state index is -1.88. The van der Waals surface area contributed by atoms with Crippen molar-refractivity contribution >= 4 is 40.1 Å². The Kier molecular flexibility index (Phi) is 6.22. The fraction of sp³-hybridized carbons (Fsp3) is 0.214. The average Bonchev–Trinajstić information content (AvgIpc) is 3.26. The fourth-order valence-corrected chi connectivity index (χ4v) is 5.36. The molecule has 6 rings (SSSR count). The summed E-state index contributed by atoms with van der Waals surface area (Å²) in [6, 6.07) is 14.2. The first kappa shape index (κ1) is 26.1. The van der Waals surface area contributed by atoms with Crippen LogP contribution in [0.5, 0.6) is 0 Å². The fourth-order valence-electron chi connectivity index (χ4n) is 5.14. The van der Waals surface area contributed by atoms with Crippen LogP contribution in [0.2, 0.25) is 5.02 Å². The van der Waals surface area contributed by atoms with Crippen LogP contribution in [0.3, 0.4) is 0 Å². The highest BCUT2D eigenvalue weighted by atomic mass is 35.5. The van der Waals surface area contributed by atoms with E-state index in [0.717, 1.165) is 0 Å². The number of halogens is 1. The van der Waals surface area contributed by atoms with Crippen molar-refractivity contribution in [2.75, 3.05) is 0 Å². The highest BCUT2D eigenvalue weighted by Crippen LogP contribution is 2.42. The summed E-state index contributed by atoms with van der Waals surface area (Å²) in [6.45, 7) is 1.51. The van der Waals surface area contributed by atoms with E-state index in [9.17, 15) is 24.5 Å². The van der Waals surface area contributed by atoms with Crippen molar-refractivity contribution in [3.05, 3.63) is 102 Å². The molecule has 0 saturated heterocycles. The lowest BCUT2D eigenvalue weighted by Gasteiger charge is -2.35. The highest BCUT2D eigenvalue weighted by molar-refractivity contribution is 6.33. The molecular formula is C28H22ClN3O7. The van der Waals surface area contributed by atoms with Crippen molar-refractivity contribution in [3.63, 3.8) is 0 Å². The van der Waals surface area contributed by atoms with Crippen molar-refractivity contribution < 1.29 is 24.0 Å². The van der Waals surface area contributed by atoms with Crippen LogP contribution in [-0.4, -0.2) is 26.4 Å². The van der Waals surface area contributed by atoms with Crippen LogP contribution in [0.15, 0.2) is 59.4 Å². The zero-order chi connectivity index (χ0) is 26.8. The van der Waals surface area contributed by atoms with Gasteiger partial charge in [0.25, 0.3) is 11.2 Å². The van der Waals surface area contributed by atoms with Gasteiger partial charge in [0.15, 0.2) is 0 Å². The number of carbonyl (C=O) groups is 2. The molecule has 10 nitrogen and oxygen atoms in total. The number of fused-ring (bicyclic) bond motifs is 5. The third-order valence-corrected chi connectivity index (χ3v) is 7.38. The molecule has 0 spiro atoms. The van der Waals surface area contributed by atoms with E-state index in [1.807, 2.05) is 0 Å². The zero-order valence-corrected chi connectivity index (χ0v) is 20.7. The van der Waals surface area contributed by atoms with Crippen molar-refractivity contribution in [2.45, 2.75) is 39.5 Å². The lowest BCUT2D eigenvalue weighted by molar-refractivity contribution is -0.383. The van der Waals surface area contributed by atoms with Crippen molar-refractivity contribution in [1.82, 2.24) is 9.55 Å². The predicted octanol–water partition coefficient (Wildman–Crippen LogP) is 5.14. The maximum Gasteiger partial charge on any atom is 0.355 e. The quantitative estimate of drug-likeness (QED) is 0.172. The van der Waals surface area contributed by atoms with E-state index in [-0.39, 0.29) is 54.4 Å². The number of aromatic nitrogens is 2. The summed E-state index contributed by atoms with van der Waals surface area (Å²) in [5.74, 6) is -1.63. The molecular weight excluding hydrogens is 526 g/mol. The van der Waals surface area contributed by atoms with Gasteiger partial charge in [0.2, 0.25) is 5.60 Å². The molecule has 2 aliphatic rings. The summed E-state index contributed by atoms with van der Waals surface area (Å²) < 4.78 is 12.6. The third-order valence-electron chi connectivity index (χ3n) is 7.05. The summed E-state index contributed by atoms with van der Waals surface area (Å²) in [6.07, 6.45) is 0.00210. The summed E-state index contributed by atoms with van der Waals surface area (Å²) in [7, 11) is 0. The molecule has 0 fully saturated rings. The van der Waals surface area contributed by atoms with Crippen LogP contribution in [0.25, 0.3) is 22.3 Å². The number of hydrogen-bond donors (Lipinski definition) is 0. The van der Waals surface area contributed by atoms with E-state index in [0.29, 0.717) is 27.9 Å². The summed E-state index contributed by atoms with van der Waals surface area (Å²) in [4.78, 5) is 55.6. The topological polar surface area (TPSA) is 131 Å². The number of cyclic esters (lactones) is 1. The molecule has 2 aliphatic heterocycles.